The van der Waals surface area contributed by atoms with Gasteiger partial charge >= 0.3 is 41.1 Å². The molecule has 0 aromatic carbocycles. The Morgan fingerprint density at radius 2 is 1.17 bits per heavy atom. The van der Waals surface area contributed by atoms with E-state index in [0.717, 1.165) is 0 Å². The van der Waals surface area contributed by atoms with Crippen LogP contribution in [0.1, 0.15) is 13.3 Å². The Hall–Kier alpha value is -1.53. The fraction of sp³-hybridized carbons (Fsp3) is 0.909. The number of esters is 1. The monoisotopic (exact) mass is 499 g/mol. The maximum Gasteiger partial charge on any atom is 0.460 e. The number of hydrogen-bond acceptors (Lipinski definition) is 4. The minimum atomic E-state index is -8.24. The summed E-state index contributed by atoms with van der Waals surface area (Å²) in [5, 5.41) is -7.34. The third-order valence-electron chi connectivity index (χ3n) is 3.17. The molecule has 1 N–H and O–H groups in total. The molecule has 0 aliphatic rings. The normalized spacial score (nSPS) is 15.3. The summed E-state index contributed by atoms with van der Waals surface area (Å²) < 4.78 is 194. The Bertz CT molecular complexity index is 732. The first-order valence-corrected chi connectivity index (χ1v) is 8.54. The van der Waals surface area contributed by atoms with Gasteiger partial charge in [-0.15, -0.1) is 0 Å². The fourth-order valence-corrected chi connectivity index (χ4v) is 2.55. The minimum Gasteiger partial charge on any atom is -0.466 e. The molecule has 0 unspecified atom stereocenters. The van der Waals surface area contributed by atoms with Crippen molar-refractivity contribution in [3.8, 4) is 0 Å². The van der Waals surface area contributed by atoms with Crippen molar-refractivity contribution in [1.29, 1.82) is 0 Å². The van der Waals surface area contributed by atoms with Gasteiger partial charge in [0.1, 0.15) is 0 Å². The van der Waals surface area contributed by atoms with E-state index in [1.54, 1.807) is 0 Å². The number of ether oxygens (including phenoxy) is 1. The van der Waals surface area contributed by atoms with E-state index in [0.29, 0.717) is 4.72 Å². The molecule has 0 aromatic heterocycles. The van der Waals surface area contributed by atoms with E-state index < -0.39 is 64.1 Å². The molecule has 0 saturated heterocycles. The molecule has 0 heterocycles. The van der Waals surface area contributed by atoms with Crippen molar-refractivity contribution in [3.05, 3.63) is 0 Å². The predicted octanol–water partition coefficient (Wildman–Crippen LogP) is 3.56. The molecule has 0 bridgehead atoms. The van der Waals surface area contributed by atoms with Gasteiger partial charge in [0.2, 0.25) is 0 Å². The van der Waals surface area contributed by atoms with E-state index in [9.17, 15) is 70.3 Å². The topological polar surface area (TPSA) is 72.5 Å². The van der Waals surface area contributed by atoms with E-state index in [2.05, 4.69) is 4.74 Å². The van der Waals surface area contributed by atoms with Gasteiger partial charge in [-0.3, -0.25) is 4.79 Å². The summed E-state index contributed by atoms with van der Waals surface area (Å²) in [5.74, 6) is -33.7. The number of carbonyl (C=O) groups is 1. The van der Waals surface area contributed by atoms with Crippen molar-refractivity contribution in [2.45, 2.75) is 48.5 Å². The highest BCUT2D eigenvalue weighted by atomic mass is 32.2. The number of rotatable bonds is 10. The standard InChI is InChI=1S/C11H10F13NO4S/c1-2-29-5(26)3-4-25-30(27,28)11(23,24)9(18,19)7(14,15)6(12,13)8(16,17)10(20,21)22/h25H,2-4H2,1H3. The lowest BCUT2D eigenvalue weighted by atomic mass is 9.98. The fourth-order valence-electron chi connectivity index (χ4n) is 1.54. The summed E-state index contributed by atoms with van der Waals surface area (Å²) >= 11 is 0. The highest BCUT2D eigenvalue weighted by Gasteiger charge is 2.92. The lowest BCUT2D eigenvalue weighted by Crippen LogP contribution is -2.71. The third-order valence-corrected chi connectivity index (χ3v) is 4.68. The predicted molar refractivity (Wildman–Crippen MR) is 69.0 cm³/mol. The molecular weight excluding hydrogens is 489 g/mol. The van der Waals surface area contributed by atoms with Crippen LogP contribution in [0.25, 0.3) is 0 Å². The minimum absolute atomic E-state index is 0.325. The molecular formula is C11H10F13NO4S. The molecule has 0 atom stereocenters. The van der Waals surface area contributed by atoms with Gasteiger partial charge in [-0.2, -0.15) is 57.1 Å². The molecule has 0 rings (SSSR count). The molecule has 0 aromatic rings. The highest BCUT2D eigenvalue weighted by molar-refractivity contribution is 7.90. The number of alkyl halides is 13. The number of halogens is 13. The number of hydrogen-bond donors (Lipinski definition) is 1. The average Bonchev–Trinajstić information content (AvgIpc) is 2.52. The highest BCUT2D eigenvalue weighted by Crippen LogP contribution is 2.60. The quantitative estimate of drug-likeness (QED) is 0.369. The smallest absolute Gasteiger partial charge is 0.460 e. The number of sulfonamides is 1. The summed E-state index contributed by atoms with van der Waals surface area (Å²) in [6.45, 7) is -0.641. The van der Waals surface area contributed by atoms with Gasteiger partial charge in [0.05, 0.1) is 13.0 Å². The van der Waals surface area contributed by atoms with Gasteiger partial charge in [-0.1, -0.05) is 0 Å². The van der Waals surface area contributed by atoms with E-state index in [1.807, 2.05) is 0 Å². The summed E-state index contributed by atoms with van der Waals surface area (Å²) in [5.41, 5.74) is 0. The van der Waals surface area contributed by atoms with Gasteiger partial charge in [0.25, 0.3) is 10.0 Å². The lowest BCUT2D eigenvalue weighted by Gasteiger charge is -2.39. The molecule has 0 spiro atoms. The van der Waals surface area contributed by atoms with Gasteiger partial charge in [0, 0.05) is 6.54 Å². The Kier molecular flexibility index (Phi) is 7.77. The van der Waals surface area contributed by atoms with Crippen molar-refractivity contribution in [2.75, 3.05) is 13.2 Å². The lowest BCUT2D eigenvalue weighted by molar-refractivity contribution is -0.433. The van der Waals surface area contributed by atoms with Crippen LogP contribution in [0.4, 0.5) is 57.1 Å². The molecule has 19 heteroatoms. The average molecular weight is 499 g/mol. The van der Waals surface area contributed by atoms with Crippen molar-refractivity contribution in [3.63, 3.8) is 0 Å². The maximum absolute atomic E-state index is 13.5. The van der Waals surface area contributed by atoms with Crippen molar-refractivity contribution in [1.82, 2.24) is 4.72 Å². The Morgan fingerprint density at radius 1 is 0.767 bits per heavy atom. The summed E-state index contributed by atoms with van der Waals surface area (Å²) in [6.07, 6.45) is -8.77. The zero-order chi connectivity index (χ0) is 24.6. The van der Waals surface area contributed by atoms with Crippen LogP contribution in [0.15, 0.2) is 0 Å². The van der Waals surface area contributed by atoms with E-state index >= 15 is 0 Å². The van der Waals surface area contributed by atoms with Crippen LogP contribution in [0.2, 0.25) is 0 Å². The molecule has 0 radical (unpaired) electrons. The first-order chi connectivity index (χ1) is 13.0. The van der Waals surface area contributed by atoms with Crippen LogP contribution in [-0.2, 0) is 19.6 Å². The molecule has 0 amide bonds. The Morgan fingerprint density at radius 3 is 1.53 bits per heavy atom. The molecule has 0 fully saturated rings. The van der Waals surface area contributed by atoms with Gasteiger partial charge in [-0.05, 0) is 6.92 Å². The summed E-state index contributed by atoms with van der Waals surface area (Å²) in [4.78, 5) is 10.9. The second-order valence-corrected chi connectivity index (χ2v) is 7.07. The van der Waals surface area contributed by atoms with E-state index in [4.69, 9.17) is 0 Å². The maximum atomic E-state index is 13.5. The largest absolute Gasteiger partial charge is 0.466 e. The molecule has 0 saturated carbocycles. The SMILES string of the molecule is CCOC(=O)CCNS(=O)(=O)C(F)(F)C(F)(F)C(F)(F)C(F)(F)C(F)(F)C(F)(F)F. The molecule has 180 valence electrons. The Labute approximate surface area is 158 Å². The van der Waals surface area contributed by atoms with Crippen molar-refractivity contribution >= 4 is 16.0 Å². The molecule has 30 heavy (non-hydrogen) atoms. The zero-order valence-corrected chi connectivity index (χ0v) is 14.9. The molecule has 0 aliphatic heterocycles. The number of carbonyl (C=O) groups excluding carboxylic acids is 1. The second-order valence-electron chi connectivity index (χ2n) is 5.26. The second kappa shape index (κ2) is 8.19. The Balaban J connectivity index is 6.09. The first-order valence-electron chi connectivity index (χ1n) is 7.06. The third kappa shape index (κ3) is 4.40. The number of nitrogens with one attached hydrogen (secondary N) is 1. The van der Waals surface area contributed by atoms with Gasteiger partial charge < -0.3 is 4.74 Å². The van der Waals surface area contributed by atoms with Gasteiger partial charge in [0.15, 0.2) is 0 Å². The zero-order valence-electron chi connectivity index (χ0n) is 14.1. The van der Waals surface area contributed by atoms with E-state index in [1.165, 1.54) is 6.92 Å². The first kappa shape index (κ1) is 28.5. The van der Waals surface area contributed by atoms with Crippen LogP contribution in [0.5, 0.6) is 0 Å². The summed E-state index contributed by atoms with van der Waals surface area (Å²) in [6, 6.07) is 0. The summed E-state index contributed by atoms with van der Waals surface area (Å²) in [7, 11) is -7.13. The van der Waals surface area contributed by atoms with Crippen LogP contribution in [-0.4, -0.2) is 62.7 Å². The molecule has 5 nitrogen and oxygen atoms in total. The molecule has 0 aliphatic carbocycles. The van der Waals surface area contributed by atoms with Crippen molar-refractivity contribution < 1.29 is 75.0 Å². The van der Waals surface area contributed by atoms with Crippen LogP contribution < -0.4 is 4.72 Å². The van der Waals surface area contributed by atoms with Crippen LogP contribution in [0.3, 0.4) is 0 Å². The van der Waals surface area contributed by atoms with Crippen LogP contribution >= 0.6 is 0 Å². The van der Waals surface area contributed by atoms with Crippen LogP contribution in [0, 0.1) is 0 Å². The van der Waals surface area contributed by atoms with E-state index in [-0.39, 0.29) is 6.61 Å². The van der Waals surface area contributed by atoms with Crippen molar-refractivity contribution in [2.24, 2.45) is 0 Å². The van der Waals surface area contributed by atoms with Gasteiger partial charge in [-0.25, -0.2) is 13.1 Å².